The Balaban J connectivity index is 1.84. The van der Waals surface area contributed by atoms with Gasteiger partial charge in [0, 0.05) is 39.0 Å². The van der Waals surface area contributed by atoms with Gasteiger partial charge < -0.3 is 25.0 Å². The van der Waals surface area contributed by atoms with Gasteiger partial charge in [-0.25, -0.2) is 15.6 Å². The molecule has 0 spiro atoms. The summed E-state index contributed by atoms with van der Waals surface area (Å²) < 4.78 is 5.93. The van der Waals surface area contributed by atoms with Gasteiger partial charge >= 0.3 is 5.97 Å². The molecule has 0 aliphatic carbocycles. The summed E-state index contributed by atoms with van der Waals surface area (Å²) in [6, 6.07) is -5.18. The maximum atomic E-state index is 14.4. The standard InChI is InChI=1S/C34H57N7O8/c1-9-21(7)28-33(47)40-23(11-10-12-35-40)32(46)41-26(15-22(42)16-36-41)30(44)38(8)25(13-18(2)3)31(45)39-17-20(6)14-24(39)29(43)37-27(19(4)5)34(48)49-28/h18-28,35-36,42H,9-17H2,1-8H3,(H,37,43)/t20-,21?,22-,23+,24-,25+,26-,27+,28-/m0/s1. The van der Waals surface area contributed by atoms with Gasteiger partial charge in [-0.05, 0) is 49.9 Å². The molecule has 0 saturated carbocycles. The molecule has 276 valence electrons. The molecule has 0 bridgehead atoms. The van der Waals surface area contributed by atoms with Crippen LogP contribution in [0, 0.1) is 23.7 Å². The number of aliphatic hydroxyl groups excluding tert-OH is 1. The SMILES string of the molecule is CCC(C)[C@@H]1OC(=O)[C@@H](C(C)C)NC(=O)[C@@H]2C[C@H](C)CN2C(=O)[C@@H](CC(C)C)N(C)C(=O)[C@@H]2C[C@H](O)CNN2C(=O)[C@H]2CCCNN2C1=O. The van der Waals surface area contributed by atoms with Crippen molar-refractivity contribution in [2.45, 2.75) is 129 Å². The number of carbonyl (C=O) groups excluding carboxylic acids is 6. The molecular weight excluding hydrogens is 634 g/mol. The van der Waals surface area contributed by atoms with Crippen LogP contribution in [0.2, 0.25) is 0 Å². The fourth-order valence-corrected chi connectivity index (χ4v) is 7.26. The number of hydrogen-bond acceptors (Lipinski definition) is 10. The number of nitrogens with zero attached hydrogens (tertiary/aromatic N) is 4. The van der Waals surface area contributed by atoms with Crippen LogP contribution in [0.1, 0.15) is 87.0 Å². The molecule has 49 heavy (non-hydrogen) atoms. The van der Waals surface area contributed by atoms with Gasteiger partial charge in [0.1, 0.15) is 30.2 Å². The summed E-state index contributed by atoms with van der Waals surface area (Å²) in [5.41, 5.74) is 5.94. The number of likely N-dealkylation sites (N-methyl/N-ethyl adjacent to an activating group) is 1. The van der Waals surface area contributed by atoms with Crippen molar-refractivity contribution >= 4 is 35.5 Å². The lowest BCUT2D eigenvalue weighted by molar-refractivity contribution is -0.175. The van der Waals surface area contributed by atoms with Crippen LogP contribution in [-0.4, -0.2) is 130 Å². The number of hydrazine groups is 2. The predicted molar refractivity (Wildman–Crippen MR) is 179 cm³/mol. The zero-order valence-corrected chi connectivity index (χ0v) is 30.3. The smallest absolute Gasteiger partial charge is 0.329 e. The van der Waals surface area contributed by atoms with Crippen LogP contribution in [0.15, 0.2) is 0 Å². The molecule has 4 saturated heterocycles. The molecule has 15 nitrogen and oxygen atoms in total. The number of ether oxygens (including phenoxy) is 1. The minimum Gasteiger partial charge on any atom is -0.450 e. The van der Waals surface area contributed by atoms with Crippen LogP contribution in [0.5, 0.6) is 0 Å². The molecular formula is C34H57N7O8. The maximum absolute atomic E-state index is 14.4. The van der Waals surface area contributed by atoms with E-state index in [1.54, 1.807) is 20.8 Å². The monoisotopic (exact) mass is 691 g/mol. The Morgan fingerprint density at radius 1 is 0.878 bits per heavy atom. The fourth-order valence-electron chi connectivity index (χ4n) is 7.26. The quantitative estimate of drug-likeness (QED) is 0.290. The highest BCUT2D eigenvalue weighted by Gasteiger charge is 2.48. The number of aliphatic hydroxyl groups is 1. The average molecular weight is 692 g/mol. The van der Waals surface area contributed by atoms with Gasteiger partial charge in [-0.1, -0.05) is 48.5 Å². The van der Waals surface area contributed by atoms with E-state index >= 15 is 0 Å². The first-order valence-electron chi connectivity index (χ1n) is 18.0. The van der Waals surface area contributed by atoms with Crippen LogP contribution in [0.4, 0.5) is 0 Å². The largest absolute Gasteiger partial charge is 0.450 e. The molecule has 1 unspecified atom stereocenters. The van der Waals surface area contributed by atoms with Crippen LogP contribution in [0.3, 0.4) is 0 Å². The lowest BCUT2D eigenvalue weighted by Crippen LogP contribution is -2.69. The Hall–Kier alpha value is -3.30. The van der Waals surface area contributed by atoms with Gasteiger partial charge in [0.2, 0.25) is 17.7 Å². The number of β-amino-alcohol motifs (C(OH)–C–C–N with tert-alkyl or cyclic N) is 1. The first-order valence-corrected chi connectivity index (χ1v) is 18.0. The van der Waals surface area contributed by atoms with E-state index in [0.29, 0.717) is 32.2 Å². The third kappa shape index (κ3) is 8.37. The second-order valence-electron chi connectivity index (χ2n) is 15.2. The summed E-state index contributed by atoms with van der Waals surface area (Å²) in [5, 5.41) is 15.9. The summed E-state index contributed by atoms with van der Waals surface area (Å²) >= 11 is 0. The topological polar surface area (TPSA) is 181 Å². The third-order valence-electron chi connectivity index (χ3n) is 10.4. The summed E-state index contributed by atoms with van der Waals surface area (Å²) in [6.07, 6.45) is -0.303. The molecule has 4 rings (SSSR count). The molecule has 4 aliphatic rings. The number of rotatable bonds is 5. The second-order valence-corrected chi connectivity index (χ2v) is 15.2. The molecule has 0 radical (unpaired) electrons. The second kappa shape index (κ2) is 16.2. The van der Waals surface area contributed by atoms with E-state index in [1.165, 1.54) is 26.9 Å². The molecule has 0 aromatic rings. The Morgan fingerprint density at radius 2 is 1.55 bits per heavy atom. The number of fused-ring (bicyclic) bond motifs is 3. The lowest BCUT2D eigenvalue weighted by Gasteiger charge is -2.45. The maximum Gasteiger partial charge on any atom is 0.329 e. The van der Waals surface area contributed by atoms with Crippen molar-refractivity contribution in [3.8, 4) is 0 Å². The van der Waals surface area contributed by atoms with Crippen molar-refractivity contribution in [1.82, 2.24) is 36.0 Å². The number of hydrogen-bond donors (Lipinski definition) is 4. The van der Waals surface area contributed by atoms with E-state index in [1.807, 2.05) is 27.7 Å². The summed E-state index contributed by atoms with van der Waals surface area (Å²) in [5.74, 6) is -4.25. The normalized spacial score (nSPS) is 33.5. The molecule has 4 fully saturated rings. The molecule has 4 N–H and O–H groups in total. The number of esters is 1. The Morgan fingerprint density at radius 3 is 2.18 bits per heavy atom. The highest BCUT2D eigenvalue weighted by molar-refractivity contribution is 5.97. The van der Waals surface area contributed by atoms with Gasteiger partial charge in [0.05, 0.1) is 6.10 Å². The van der Waals surface area contributed by atoms with Gasteiger partial charge in [0.25, 0.3) is 11.8 Å². The predicted octanol–water partition coefficient (Wildman–Crippen LogP) is 0.171. The van der Waals surface area contributed by atoms with E-state index in [0.717, 1.165) is 0 Å². The highest BCUT2D eigenvalue weighted by Crippen LogP contribution is 2.29. The van der Waals surface area contributed by atoms with Crippen molar-refractivity contribution in [3.63, 3.8) is 0 Å². The Bertz CT molecular complexity index is 1260. The van der Waals surface area contributed by atoms with Crippen LogP contribution in [-0.2, 0) is 33.5 Å². The van der Waals surface area contributed by atoms with E-state index in [-0.39, 0.29) is 37.8 Å². The molecule has 4 aliphatic heterocycles. The van der Waals surface area contributed by atoms with Gasteiger partial charge in [-0.2, -0.15) is 0 Å². The highest BCUT2D eigenvalue weighted by atomic mass is 16.6. The zero-order valence-electron chi connectivity index (χ0n) is 30.3. The van der Waals surface area contributed by atoms with Crippen molar-refractivity contribution in [2.24, 2.45) is 23.7 Å². The van der Waals surface area contributed by atoms with E-state index in [4.69, 9.17) is 4.74 Å². The summed E-state index contributed by atoms with van der Waals surface area (Å²) in [6.45, 7) is 13.7. The molecule has 0 aromatic heterocycles. The molecule has 4 heterocycles. The van der Waals surface area contributed by atoms with Gasteiger partial charge in [0.15, 0.2) is 6.10 Å². The Kier molecular flexibility index (Phi) is 12.7. The van der Waals surface area contributed by atoms with Crippen molar-refractivity contribution in [3.05, 3.63) is 0 Å². The molecule has 5 amide bonds. The minimum absolute atomic E-state index is 0.00592. The first-order chi connectivity index (χ1) is 23.1. The fraction of sp³-hybridized carbons (Fsp3) is 0.824. The van der Waals surface area contributed by atoms with E-state index in [2.05, 4.69) is 16.2 Å². The number of carbonyl (C=O) groups is 6. The third-order valence-corrected chi connectivity index (χ3v) is 10.4. The van der Waals surface area contributed by atoms with E-state index < -0.39 is 89.8 Å². The number of amides is 5. The Labute approximate surface area is 289 Å². The number of nitrogens with one attached hydrogen (secondary N) is 3. The van der Waals surface area contributed by atoms with Gasteiger partial charge in [-0.15, -0.1) is 0 Å². The average Bonchev–Trinajstić information content (AvgIpc) is 3.47. The lowest BCUT2D eigenvalue weighted by atomic mass is 9.96. The van der Waals surface area contributed by atoms with Crippen LogP contribution in [0.25, 0.3) is 0 Å². The summed E-state index contributed by atoms with van der Waals surface area (Å²) in [7, 11) is 1.52. The molecule has 0 aromatic carbocycles. The zero-order chi connectivity index (χ0) is 36.3. The first kappa shape index (κ1) is 38.5. The van der Waals surface area contributed by atoms with Gasteiger partial charge in [-0.3, -0.25) is 34.0 Å². The molecule has 9 atom stereocenters. The van der Waals surface area contributed by atoms with E-state index in [9.17, 15) is 33.9 Å². The molecule has 15 heteroatoms. The van der Waals surface area contributed by atoms with Crippen molar-refractivity contribution in [1.29, 1.82) is 0 Å². The van der Waals surface area contributed by atoms with Crippen LogP contribution >= 0.6 is 0 Å². The van der Waals surface area contributed by atoms with Crippen molar-refractivity contribution in [2.75, 3.05) is 26.7 Å². The van der Waals surface area contributed by atoms with Crippen molar-refractivity contribution < 1.29 is 38.6 Å². The number of cyclic esters (lactones) is 1. The van der Waals surface area contributed by atoms with Crippen LogP contribution < -0.4 is 16.2 Å². The summed E-state index contributed by atoms with van der Waals surface area (Å²) in [4.78, 5) is 88.0. The minimum atomic E-state index is -1.27.